The van der Waals surface area contributed by atoms with Crippen LogP contribution < -0.4 is 0 Å². The Hall–Kier alpha value is -0.600. The van der Waals surface area contributed by atoms with Gasteiger partial charge in [0.1, 0.15) is 61.0 Å². The third kappa shape index (κ3) is 8.35. The molecule has 15 nitrogen and oxygen atoms in total. The van der Waals surface area contributed by atoms with Gasteiger partial charge in [-0.1, -0.05) is 0 Å². The van der Waals surface area contributed by atoms with Crippen molar-refractivity contribution in [1.82, 2.24) is 0 Å². The average molecular weight is 615 g/mol. The van der Waals surface area contributed by atoms with E-state index in [1.807, 2.05) is 0 Å². The Labute approximate surface area is 245 Å². The van der Waals surface area contributed by atoms with Crippen LogP contribution in [0.5, 0.6) is 0 Å². The fraction of sp³-hybridized carbons (Fsp3) is 1.00. The first-order valence-corrected chi connectivity index (χ1v) is 14.3. The molecule has 0 aromatic rings. The van der Waals surface area contributed by atoms with E-state index in [4.69, 9.17) is 28.4 Å². The van der Waals surface area contributed by atoms with E-state index in [-0.39, 0.29) is 13.0 Å². The lowest BCUT2D eigenvalue weighted by Crippen LogP contribution is -2.66. The van der Waals surface area contributed by atoms with E-state index in [9.17, 15) is 46.0 Å². The van der Waals surface area contributed by atoms with Gasteiger partial charge in [-0.15, -0.1) is 0 Å². The number of rotatable bonds is 9. The van der Waals surface area contributed by atoms with Crippen molar-refractivity contribution >= 4 is 0 Å². The Morgan fingerprint density at radius 3 is 1.48 bits per heavy atom. The van der Waals surface area contributed by atoms with Gasteiger partial charge < -0.3 is 74.4 Å². The lowest BCUT2D eigenvalue weighted by Gasteiger charge is -2.49. The summed E-state index contributed by atoms with van der Waals surface area (Å²) in [6, 6.07) is 0. The van der Waals surface area contributed by atoms with Crippen LogP contribution in [-0.2, 0) is 28.4 Å². The summed E-state index contributed by atoms with van der Waals surface area (Å²) in [6.07, 6.45) is -20.1. The fourth-order valence-electron chi connectivity index (χ4n) is 5.51. The molecule has 9 N–H and O–H groups in total. The van der Waals surface area contributed by atoms with Crippen LogP contribution >= 0.6 is 0 Å². The summed E-state index contributed by atoms with van der Waals surface area (Å²) >= 11 is 0. The molecular formula is C27H50O15. The molecule has 15 unspecified atom stereocenters. The third-order valence-electron chi connectivity index (χ3n) is 7.53. The van der Waals surface area contributed by atoms with Gasteiger partial charge in [-0.3, -0.25) is 0 Å². The van der Waals surface area contributed by atoms with E-state index in [1.165, 1.54) is 0 Å². The van der Waals surface area contributed by atoms with Crippen LogP contribution in [0.15, 0.2) is 0 Å². The maximum Gasteiger partial charge on any atom is 0.187 e. The van der Waals surface area contributed by atoms with E-state index in [0.29, 0.717) is 0 Å². The van der Waals surface area contributed by atoms with Crippen molar-refractivity contribution in [3.05, 3.63) is 0 Å². The molecule has 2 saturated heterocycles. The smallest absolute Gasteiger partial charge is 0.187 e. The Morgan fingerprint density at radius 2 is 1.00 bits per heavy atom. The second-order valence-electron chi connectivity index (χ2n) is 13.2. The summed E-state index contributed by atoms with van der Waals surface area (Å²) in [5.74, 6) is -0.636. The normalized spacial score (nSPS) is 45.6. The quantitative estimate of drug-likeness (QED) is 0.124. The predicted octanol–water partition coefficient (Wildman–Crippen LogP) is -3.26. The number of hydrogen-bond acceptors (Lipinski definition) is 15. The summed E-state index contributed by atoms with van der Waals surface area (Å²) in [5.41, 5.74) is -1.43. The summed E-state index contributed by atoms with van der Waals surface area (Å²) in [4.78, 5) is 0. The largest absolute Gasteiger partial charge is 0.396 e. The predicted molar refractivity (Wildman–Crippen MR) is 142 cm³/mol. The average Bonchev–Trinajstić information content (AvgIpc) is 2.90. The van der Waals surface area contributed by atoms with Crippen LogP contribution in [0.3, 0.4) is 0 Å². The third-order valence-corrected chi connectivity index (χ3v) is 7.53. The van der Waals surface area contributed by atoms with Gasteiger partial charge in [0.25, 0.3) is 0 Å². The minimum atomic E-state index is -1.82. The van der Waals surface area contributed by atoms with Crippen LogP contribution in [0, 0.1) is 5.92 Å². The van der Waals surface area contributed by atoms with Gasteiger partial charge in [-0.2, -0.15) is 0 Å². The number of aliphatic hydroxyl groups excluding tert-OH is 9. The summed E-state index contributed by atoms with van der Waals surface area (Å²) in [6.45, 7) is 8.66. The van der Waals surface area contributed by atoms with Crippen molar-refractivity contribution in [3.63, 3.8) is 0 Å². The molecule has 3 aliphatic rings. The van der Waals surface area contributed by atoms with Gasteiger partial charge in [-0.05, 0) is 48.0 Å². The zero-order chi connectivity index (χ0) is 31.7. The molecule has 15 atom stereocenters. The molecule has 1 saturated carbocycles. The lowest BCUT2D eigenvalue weighted by molar-refractivity contribution is -0.371. The number of hydrogen-bond donors (Lipinski definition) is 9. The van der Waals surface area contributed by atoms with Gasteiger partial charge >= 0.3 is 0 Å². The van der Waals surface area contributed by atoms with Crippen molar-refractivity contribution in [2.75, 3.05) is 19.8 Å². The molecule has 0 spiro atoms. The Kier molecular flexibility index (Phi) is 12.1. The van der Waals surface area contributed by atoms with Crippen LogP contribution in [-0.4, -0.2) is 163 Å². The molecule has 0 amide bonds. The maximum absolute atomic E-state index is 11.0. The van der Waals surface area contributed by atoms with Crippen molar-refractivity contribution in [2.24, 2.45) is 5.92 Å². The van der Waals surface area contributed by atoms with Crippen LogP contribution in [0.1, 0.15) is 48.0 Å². The highest BCUT2D eigenvalue weighted by molar-refractivity contribution is 4.99. The standard InChI is InChI=1S/C27H50O15/c1-26(2,3)41-21-11(8-28)7-12(15(31)16(21)32)37-22-13(9-29)38-24(19(35)17(22)33)40-23-14(10-30)39-25(20(36)18(23)34)42-27(4,5)6/h11-25,28-36H,7-10H2,1-6H3. The molecule has 248 valence electrons. The first-order valence-electron chi connectivity index (χ1n) is 14.3. The Bertz CT molecular complexity index is 827. The Balaban J connectivity index is 1.72. The molecule has 2 aliphatic heterocycles. The molecule has 42 heavy (non-hydrogen) atoms. The second-order valence-corrected chi connectivity index (χ2v) is 13.2. The first-order chi connectivity index (χ1) is 19.4. The highest BCUT2D eigenvalue weighted by Crippen LogP contribution is 2.36. The molecule has 1 aliphatic carbocycles. The first kappa shape index (κ1) is 35.9. The summed E-state index contributed by atoms with van der Waals surface area (Å²) in [7, 11) is 0. The number of aliphatic hydroxyl groups is 9. The molecule has 0 aromatic carbocycles. The van der Waals surface area contributed by atoms with E-state index in [1.54, 1.807) is 41.5 Å². The minimum absolute atomic E-state index is 0.0202. The van der Waals surface area contributed by atoms with Crippen molar-refractivity contribution in [3.8, 4) is 0 Å². The monoisotopic (exact) mass is 614 g/mol. The van der Waals surface area contributed by atoms with Gasteiger partial charge in [0, 0.05) is 12.5 Å². The van der Waals surface area contributed by atoms with Gasteiger partial charge in [0.2, 0.25) is 0 Å². The molecule has 15 heteroatoms. The molecule has 3 fully saturated rings. The summed E-state index contributed by atoms with van der Waals surface area (Å²) < 4.78 is 34.4. The lowest BCUT2D eigenvalue weighted by atomic mass is 9.80. The minimum Gasteiger partial charge on any atom is -0.396 e. The molecule has 0 bridgehead atoms. The highest BCUT2D eigenvalue weighted by Gasteiger charge is 2.54. The summed E-state index contributed by atoms with van der Waals surface area (Å²) in [5, 5.41) is 94.7. The zero-order valence-electron chi connectivity index (χ0n) is 25.0. The highest BCUT2D eigenvalue weighted by atomic mass is 16.7. The van der Waals surface area contributed by atoms with E-state index in [0.717, 1.165) is 0 Å². The van der Waals surface area contributed by atoms with Crippen LogP contribution in [0.25, 0.3) is 0 Å². The topological polar surface area (TPSA) is 237 Å². The number of ether oxygens (including phenoxy) is 6. The SMILES string of the molecule is CC(C)(C)OC1OC(CO)C(OC2OC(CO)C(OC3CC(CO)C(OC(C)(C)C)C(O)C3O)C(O)C2O)C(O)C1O. The fourth-order valence-corrected chi connectivity index (χ4v) is 5.51. The molecular weight excluding hydrogens is 564 g/mol. The van der Waals surface area contributed by atoms with Gasteiger partial charge in [0.15, 0.2) is 12.6 Å². The van der Waals surface area contributed by atoms with E-state index in [2.05, 4.69) is 0 Å². The molecule has 3 rings (SSSR count). The van der Waals surface area contributed by atoms with Crippen LogP contribution in [0.2, 0.25) is 0 Å². The Morgan fingerprint density at radius 1 is 0.548 bits per heavy atom. The maximum atomic E-state index is 11.0. The molecule has 0 radical (unpaired) electrons. The molecule has 2 heterocycles. The van der Waals surface area contributed by atoms with Crippen LogP contribution in [0.4, 0.5) is 0 Å². The molecule has 0 aromatic heterocycles. The van der Waals surface area contributed by atoms with Gasteiger partial charge in [0.05, 0.1) is 36.6 Å². The second kappa shape index (κ2) is 14.2. The van der Waals surface area contributed by atoms with E-state index < -0.39 is 116 Å². The van der Waals surface area contributed by atoms with Gasteiger partial charge in [-0.25, -0.2) is 0 Å². The van der Waals surface area contributed by atoms with Crippen molar-refractivity contribution in [1.29, 1.82) is 0 Å². The van der Waals surface area contributed by atoms with Crippen molar-refractivity contribution < 1.29 is 74.4 Å². The zero-order valence-corrected chi connectivity index (χ0v) is 25.0. The van der Waals surface area contributed by atoms with Crippen molar-refractivity contribution in [2.45, 2.75) is 145 Å². The van der Waals surface area contributed by atoms with E-state index >= 15 is 0 Å².